The Hall–Kier alpha value is -0.650. The van der Waals surface area contributed by atoms with E-state index >= 15 is 0 Å². The molecule has 5 heteroatoms. The lowest BCUT2D eigenvalue weighted by Crippen LogP contribution is -3.18. The summed E-state index contributed by atoms with van der Waals surface area (Å²) in [4.78, 5) is 12.1. The fourth-order valence-corrected chi connectivity index (χ4v) is 5.00. The second-order valence-electron chi connectivity index (χ2n) is 8.29. The van der Waals surface area contributed by atoms with Crippen molar-refractivity contribution in [2.24, 2.45) is 17.8 Å². The highest BCUT2D eigenvalue weighted by molar-refractivity contribution is 5.65. The second kappa shape index (κ2) is 5.77. The fourth-order valence-electron chi connectivity index (χ4n) is 5.00. The van der Waals surface area contributed by atoms with Crippen LogP contribution in [-0.4, -0.2) is 48.0 Å². The molecule has 0 aromatic rings. The number of carboxylic acid groups (broad SMARTS) is 1. The summed E-state index contributed by atoms with van der Waals surface area (Å²) in [5.41, 5.74) is -0.799. The van der Waals surface area contributed by atoms with Gasteiger partial charge in [0.25, 0.3) is 0 Å². The minimum Gasteiger partial charge on any atom is -0.544 e. The van der Waals surface area contributed by atoms with Crippen molar-refractivity contribution in [3.05, 3.63) is 0 Å². The lowest BCUT2D eigenvalue weighted by Gasteiger charge is -2.46. The quantitative estimate of drug-likeness (QED) is 0.700. The van der Waals surface area contributed by atoms with Crippen LogP contribution in [0.5, 0.6) is 0 Å². The molecule has 3 rings (SSSR count). The Morgan fingerprint density at radius 3 is 2.64 bits per heavy atom. The third-order valence-electron chi connectivity index (χ3n) is 6.25. The highest BCUT2D eigenvalue weighted by Gasteiger charge is 2.52. The van der Waals surface area contributed by atoms with E-state index in [2.05, 4.69) is 6.92 Å². The molecular weight excluding hydrogens is 282 g/mol. The molecule has 1 saturated carbocycles. The number of carbonyl (C=O) groups is 1. The number of fused-ring (bicyclic) bond motifs is 3. The summed E-state index contributed by atoms with van der Waals surface area (Å²) in [7, 11) is 0. The molecule has 0 aromatic carbocycles. The molecule has 3 fully saturated rings. The topological polar surface area (TPSA) is 74.0 Å². The number of carbonyl (C=O) groups excluding carboxylic acids is 1. The Labute approximate surface area is 132 Å². The van der Waals surface area contributed by atoms with Gasteiger partial charge in [0, 0.05) is 12.3 Å². The molecule has 22 heavy (non-hydrogen) atoms. The normalized spacial score (nSPS) is 45.2. The maximum absolute atomic E-state index is 11.0. The minimum absolute atomic E-state index is 0.0924. The number of carboxylic acids is 1. The molecule has 0 amide bonds. The van der Waals surface area contributed by atoms with Crippen LogP contribution in [0.15, 0.2) is 0 Å². The van der Waals surface area contributed by atoms with Crippen molar-refractivity contribution >= 4 is 5.97 Å². The Balaban J connectivity index is 1.72. The number of ether oxygens (including phenoxy) is 1. The van der Waals surface area contributed by atoms with Crippen LogP contribution in [-0.2, 0) is 9.53 Å². The molecule has 2 heterocycles. The Bertz CT molecular complexity index is 433. The predicted octanol–water partition coefficient (Wildman–Crippen LogP) is -1.02. The molecular formula is C17H29NO4. The van der Waals surface area contributed by atoms with Gasteiger partial charge in [-0.1, -0.05) is 0 Å². The molecule has 0 radical (unpaired) electrons. The van der Waals surface area contributed by atoms with E-state index in [-0.39, 0.29) is 18.8 Å². The summed E-state index contributed by atoms with van der Waals surface area (Å²) in [5, 5.41) is 21.2. The Kier molecular flexibility index (Phi) is 4.25. The SMILES string of the molecule is CC1CC2CCC3CC(C(C)(C)O)OC3C2C[NH+]1CC(=O)[O-]. The lowest BCUT2D eigenvalue weighted by molar-refractivity contribution is -0.929. The van der Waals surface area contributed by atoms with Gasteiger partial charge in [0.15, 0.2) is 0 Å². The summed E-state index contributed by atoms with van der Waals surface area (Å²) >= 11 is 0. The molecule has 1 aliphatic carbocycles. The highest BCUT2D eigenvalue weighted by atomic mass is 16.5. The molecule has 7 atom stereocenters. The van der Waals surface area contributed by atoms with E-state index in [0.29, 0.717) is 23.8 Å². The van der Waals surface area contributed by atoms with Gasteiger partial charge in [-0.25, -0.2) is 0 Å². The molecule has 0 aromatic heterocycles. The van der Waals surface area contributed by atoms with Gasteiger partial charge in [0.1, 0.15) is 6.54 Å². The van der Waals surface area contributed by atoms with Gasteiger partial charge in [-0.15, -0.1) is 0 Å². The van der Waals surface area contributed by atoms with E-state index in [0.717, 1.165) is 24.3 Å². The van der Waals surface area contributed by atoms with Gasteiger partial charge in [-0.05, 0) is 51.9 Å². The van der Waals surface area contributed by atoms with Crippen molar-refractivity contribution < 1.29 is 24.6 Å². The predicted molar refractivity (Wildman–Crippen MR) is 79.1 cm³/mol. The molecule has 5 nitrogen and oxygen atoms in total. The van der Waals surface area contributed by atoms with E-state index in [9.17, 15) is 15.0 Å². The first-order valence-corrected chi connectivity index (χ1v) is 8.68. The lowest BCUT2D eigenvalue weighted by atomic mass is 9.67. The van der Waals surface area contributed by atoms with Crippen LogP contribution in [0, 0.1) is 17.8 Å². The van der Waals surface area contributed by atoms with Gasteiger partial charge in [0.05, 0.1) is 36.4 Å². The summed E-state index contributed by atoms with van der Waals surface area (Å²) in [6.07, 6.45) is 4.51. The van der Waals surface area contributed by atoms with Gasteiger partial charge in [-0.3, -0.25) is 0 Å². The second-order valence-corrected chi connectivity index (χ2v) is 8.29. The number of quaternary nitrogens is 1. The van der Waals surface area contributed by atoms with Crippen LogP contribution in [0.25, 0.3) is 0 Å². The maximum atomic E-state index is 11.0. The largest absolute Gasteiger partial charge is 0.544 e. The van der Waals surface area contributed by atoms with E-state index in [1.165, 1.54) is 12.8 Å². The minimum atomic E-state index is -0.964. The van der Waals surface area contributed by atoms with Crippen LogP contribution in [0.4, 0.5) is 0 Å². The number of hydrogen-bond acceptors (Lipinski definition) is 4. The number of likely N-dealkylation sites (tertiary alicyclic amines) is 1. The highest BCUT2D eigenvalue weighted by Crippen LogP contribution is 2.46. The molecule has 7 unspecified atom stereocenters. The van der Waals surface area contributed by atoms with Gasteiger partial charge >= 0.3 is 0 Å². The van der Waals surface area contributed by atoms with Crippen molar-refractivity contribution in [3.63, 3.8) is 0 Å². The summed E-state index contributed by atoms with van der Waals surface area (Å²) < 4.78 is 6.26. The van der Waals surface area contributed by atoms with Crippen LogP contribution in [0.2, 0.25) is 0 Å². The van der Waals surface area contributed by atoms with E-state index in [1.54, 1.807) is 0 Å². The Morgan fingerprint density at radius 1 is 1.32 bits per heavy atom. The van der Waals surface area contributed by atoms with Crippen LogP contribution in [0.3, 0.4) is 0 Å². The monoisotopic (exact) mass is 311 g/mol. The Morgan fingerprint density at radius 2 is 2.00 bits per heavy atom. The van der Waals surface area contributed by atoms with Crippen LogP contribution >= 0.6 is 0 Å². The molecule has 2 saturated heterocycles. The number of nitrogens with one attached hydrogen (secondary N) is 1. The zero-order valence-corrected chi connectivity index (χ0v) is 13.9. The number of piperidine rings is 1. The fraction of sp³-hybridized carbons (Fsp3) is 0.941. The van der Waals surface area contributed by atoms with Crippen molar-refractivity contribution in [1.82, 2.24) is 0 Å². The smallest absolute Gasteiger partial charge is 0.118 e. The molecule has 0 bridgehead atoms. The zero-order chi connectivity index (χ0) is 16.1. The summed E-state index contributed by atoms with van der Waals surface area (Å²) in [6, 6.07) is 0.377. The number of aliphatic carboxylic acids is 1. The first kappa shape index (κ1) is 16.2. The van der Waals surface area contributed by atoms with Crippen molar-refractivity contribution in [3.8, 4) is 0 Å². The van der Waals surface area contributed by atoms with Gasteiger partial charge < -0.3 is 24.6 Å². The van der Waals surface area contributed by atoms with E-state index in [4.69, 9.17) is 4.74 Å². The maximum Gasteiger partial charge on any atom is 0.118 e. The van der Waals surface area contributed by atoms with Gasteiger partial charge in [-0.2, -0.15) is 0 Å². The molecule has 2 N–H and O–H groups in total. The van der Waals surface area contributed by atoms with Crippen LogP contribution < -0.4 is 10.0 Å². The third-order valence-corrected chi connectivity index (χ3v) is 6.25. The summed E-state index contributed by atoms with van der Waals surface area (Å²) in [6.45, 7) is 6.75. The molecule has 2 aliphatic heterocycles. The first-order valence-electron chi connectivity index (χ1n) is 8.68. The summed E-state index contributed by atoms with van der Waals surface area (Å²) in [5.74, 6) is 0.628. The van der Waals surface area contributed by atoms with Crippen molar-refractivity contribution in [2.75, 3.05) is 13.1 Å². The molecule has 126 valence electrons. The van der Waals surface area contributed by atoms with Gasteiger partial charge in [0.2, 0.25) is 0 Å². The molecule has 0 spiro atoms. The van der Waals surface area contributed by atoms with E-state index < -0.39 is 11.6 Å². The average molecular weight is 311 g/mol. The molecule has 3 aliphatic rings. The number of aliphatic hydroxyl groups is 1. The zero-order valence-electron chi connectivity index (χ0n) is 13.9. The van der Waals surface area contributed by atoms with E-state index in [1.807, 2.05) is 13.8 Å². The number of rotatable bonds is 3. The third kappa shape index (κ3) is 3.03. The number of hydrogen-bond donors (Lipinski definition) is 2. The van der Waals surface area contributed by atoms with Crippen molar-refractivity contribution in [1.29, 1.82) is 0 Å². The van der Waals surface area contributed by atoms with Crippen LogP contribution in [0.1, 0.15) is 46.5 Å². The standard InChI is InChI=1S/C17H29NO4/c1-10-6-11-4-5-12-7-14(17(2,3)21)22-16(12)13(11)8-18(10)9-15(19)20/h10-14,16,21H,4-9H2,1-3H3,(H,19,20). The average Bonchev–Trinajstić information content (AvgIpc) is 2.83. The van der Waals surface area contributed by atoms with Crippen molar-refractivity contribution in [2.45, 2.75) is 70.3 Å². The first-order chi connectivity index (χ1) is 10.3.